The summed E-state index contributed by atoms with van der Waals surface area (Å²) in [4.78, 5) is 12.3. The maximum atomic E-state index is 12.9. The Kier molecular flexibility index (Phi) is 6.25. The lowest BCUT2D eigenvalue weighted by Crippen LogP contribution is -2.21. The second-order valence-corrected chi connectivity index (χ2v) is 13.4. The van der Waals surface area contributed by atoms with E-state index in [0.717, 1.165) is 17.1 Å². The van der Waals surface area contributed by atoms with Crippen LogP contribution in [0.15, 0.2) is 36.2 Å². The highest BCUT2D eigenvalue weighted by atomic mass is 33.1. The topological polar surface area (TPSA) is 43.4 Å². The summed E-state index contributed by atoms with van der Waals surface area (Å²) in [6.07, 6.45) is 0.489. The molecule has 0 amide bonds. The Balaban J connectivity index is 2.22. The van der Waals surface area contributed by atoms with Crippen LogP contribution in [0.4, 0.5) is 0 Å². The normalized spacial score (nSPS) is 17.9. The second kappa shape index (κ2) is 7.76. The molecule has 1 fully saturated rings. The van der Waals surface area contributed by atoms with Crippen molar-refractivity contribution in [1.29, 1.82) is 0 Å². The van der Waals surface area contributed by atoms with Gasteiger partial charge < -0.3 is 4.74 Å². The molecular formula is C16H21O3PS2. The number of hydrogen-bond donors (Lipinski definition) is 0. The Morgan fingerprint density at radius 2 is 1.91 bits per heavy atom. The Labute approximate surface area is 140 Å². The smallest absolute Gasteiger partial charge is 0.313 e. The number of esters is 1. The van der Waals surface area contributed by atoms with Crippen molar-refractivity contribution in [2.45, 2.75) is 20.3 Å². The van der Waals surface area contributed by atoms with Gasteiger partial charge in [0, 0.05) is 16.8 Å². The van der Waals surface area contributed by atoms with Gasteiger partial charge in [0.05, 0.1) is 12.5 Å². The maximum Gasteiger partial charge on any atom is 0.313 e. The van der Waals surface area contributed by atoms with Crippen molar-refractivity contribution >= 4 is 34.3 Å². The standard InChI is InChI=1S/C16H21O3PS2/c1-4-19-16(17)15(11-14-7-5-12(2)6-8-14)13(3)20(18)21-9-10-22-20/h5-8,15H,3-4,9-11H2,1-2H3. The lowest BCUT2D eigenvalue weighted by atomic mass is 9.98. The van der Waals surface area contributed by atoms with E-state index in [4.69, 9.17) is 4.74 Å². The molecule has 1 saturated heterocycles. The molecule has 1 unspecified atom stereocenters. The molecule has 3 nitrogen and oxygen atoms in total. The molecular weight excluding hydrogens is 335 g/mol. The highest BCUT2D eigenvalue weighted by molar-refractivity contribution is 8.93. The number of benzene rings is 1. The summed E-state index contributed by atoms with van der Waals surface area (Å²) in [5, 5.41) is 0.541. The third-order valence-electron chi connectivity index (χ3n) is 3.49. The van der Waals surface area contributed by atoms with Crippen LogP contribution >= 0.6 is 28.3 Å². The van der Waals surface area contributed by atoms with Crippen molar-refractivity contribution in [3.8, 4) is 0 Å². The molecule has 0 aliphatic carbocycles. The number of hydrogen-bond acceptors (Lipinski definition) is 5. The molecule has 22 heavy (non-hydrogen) atoms. The van der Waals surface area contributed by atoms with Gasteiger partial charge in [0.15, 0.2) is 0 Å². The molecule has 120 valence electrons. The Hall–Kier alpha value is -0.640. The van der Waals surface area contributed by atoms with Crippen LogP contribution in [0.2, 0.25) is 0 Å². The molecule has 0 bridgehead atoms. The van der Waals surface area contributed by atoms with Crippen molar-refractivity contribution in [3.05, 3.63) is 47.3 Å². The van der Waals surface area contributed by atoms with Crippen LogP contribution in [0.5, 0.6) is 0 Å². The average molecular weight is 356 g/mol. The predicted octanol–water partition coefficient (Wildman–Crippen LogP) is 4.90. The third kappa shape index (κ3) is 4.21. The SMILES string of the molecule is C=C(C(Cc1ccc(C)cc1)C(=O)OCC)P1(=O)SCCS1. The van der Waals surface area contributed by atoms with Gasteiger partial charge in [-0.1, -0.05) is 59.2 Å². The third-order valence-corrected chi connectivity index (χ3v) is 12.7. The molecule has 1 aromatic carbocycles. The van der Waals surface area contributed by atoms with Crippen LogP contribution in [0.1, 0.15) is 18.1 Å². The van der Waals surface area contributed by atoms with Gasteiger partial charge in [-0.05, 0) is 25.8 Å². The van der Waals surface area contributed by atoms with E-state index in [0.29, 0.717) is 18.3 Å². The molecule has 1 heterocycles. The molecule has 0 spiro atoms. The van der Waals surface area contributed by atoms with Crippen LogP contribution in [-0.2, 0) is 20.5 Å². The number of carbonyl (C=O) groups is 1. The van der Waals surface area contributed by atoms with Crippen LogP contribution in [0.25, 0.3) is 0 Å². The van der Waals surface area contributed by atoms with E-state index >= 15 is 0 Å². The first-order valence-electron chi connectivity index (χ1n) is 7.27. The molecule has 1 atom stereocenters. The van der Waals surface area contributed by atoms with Crippen LogP contribution in [-0.4, -0.2) is 24.1 Å². The molecule has 1 aromatic rings. The Morgan fingerprint density at radius 1 is 1.32 bits per heavy atom. The second-order valence-electron chi connectivity index (χ2n) is 5.15. The fraction of sp³-hybridized carbons (Fsp3) is 0.438. The zero-order valence-electron chi connectivity index (χ0n) is 12.9. The molecule has 0 N–H and O–H groups in total. The Bertz CT molecular complexity index is 588. The van der Waals surface area contributed by atoms with E-state index in [9.17, 15) is 9.36 Å². The minimum atomic E-state index is -2.60. The molecule has 0 radical (unpaired) electrons. The monoisotopic (exact) mass is 356 g/mol. The lowest BCUT2D eigenvalue weighted by molar-refractivity contribution is -0.146. The number of ether oxygens (including phenoxy) is 1. The summed E-state index contributed by atoms with van der Waals surface area (Å²) >= 11 is 2.88. The molecule has 1 aliphatic heterocycles. The fourth-order valence-electron chi connectivity index (χ4n) is 2.25. The minimum absolute atomic E-state index is 0.321. The fourth-order valence-corrected chi connectivity index (χ4v) is 11.1. The van der Waals surface area contributed by atoms with E-state index in [2.05, 4.69) is 6.58 Å². The van der Waals surface area contributed by atoms with Crippen molar-refractivity contribution in [1.82, 2.24) is 0 Å². The van der Waals surface area contributed by atoms with E-state index < -0.39 is 11.5 Å². The van der Waals surface area contributed by atoms with Crippen LogP contribution < -0.4 is 0 Å². The first kappa shape index (κ1) is 17.7. The summed E-state index contributed by atoms with van der Waals surface area (Å²) in [6.45, 7) is 8.15. The van der Waals surface area contributed by atoms with Crippen molar-refractivity contribution in [3.63, 3.8) is 0 Å². The van der Waals surface area contributed by atoms with Crippen LogP contribution in [0, 0.1) is 12.8 Å². The minimum Gasteiger partial charge on any atom is -0.466 e. The van der Waals surface area contributed by atoms with Gasteiger partial charge in [0.1, 0.15) is 0 Å². The number of carbonyl (C=O) groups excluding carboxylic acids is 1. The lowest BCUT2D eigenvalue weighted by Gasteiger charge is -2.21. The quantitative estimate of drug-likeness (QED) is 0.535. The predicted molar refractivity (Wildman–Crippen MR) is 96.7 cm³/mol. The molecule has 6 heteroatoms. The van der Waals surface area contributed by atoms with E-state index in [1.54, 1.807) is 6.92 Å². The van der Waals surface area contributed by atoms with Gasteiger partial charge in [0.25, 0.3) is 0 Å². The summed E-state index contributed by atoms with van der Waals surface area (Å²) < 4.78 is 18.1. The zero-order valence-corrected chi connectivity index (χ0v) is 15.4. The van der Waals surface area contributed by atoms with E-state index in [1.807, 2.05) is 31.2 Å². The molecule has 1 aliphatic rings. The summed E-state index contributed by atoms with van der Waals surface area (Å²) in [6, 6.07) is 8.03. The molecule has 0 aromatic heterocycles. The van der Waals surface area contributed by atoms with E-state index in [1.165, 1.54) is 28.3 Å². The van der Waals surface area contributed by atoms with E-state index in [-0.39, 0.29) is 5.97 Å². The van der Waals surface area contributed by atoms with Crippen molar-refractivity contribution < 1.29 is 14.1 Å². The summed E-state index contributed by atoms with van der Waals surface area (Å²) in [5.41, 5.74) is -0.399. The first-order chi connectivity index (χ1) is 10.5. The molecule has 0 saturated carbocycles. The number of aryl methyl sites for hydroxylation is 1. The summed E-state index contributed by atoms with van der Waals surface area (Å²) in [7, 11) is 0. The Morgan fingerprint density at radius 3 is 2.45 bits per heavy atom. The summed E-state index contributed by atoms with van der Waals surface area (Å²) in [5.74, 6) is 0.838. The van der Waals surface area contributed by atoms with Gasteiger partial charge >= 0.3 is 5.97 Å². The molecule has 2 rings (SSSR count). The van der Waals surface area contributed by atoms with Gasteiger partial charge in [0.2, 0.25) is 5.55 Å². The largest absolute Gasteiger partial charge is 0.466 e. The van der Waals surface area contributed by atoms with Gasteiger partial charge in [-0.3, -0.25) is 9.36 Å². The van der Waals surface area contributed by atoms with Crippen LogP contribution in [0.3, 0.4) is 0 Å². The van der Waals surface area contributed by atoms with Crippen molar-refractivity contribution in [2.75, 3.05) is 18.1 Å². The highest BCUT2D eigenvalue weighted by Gasteiger charge is 2.39. The average Bonchev–Trinajstić information content (AvgIpc) is 2.94. The van der Waals surface area contributed by atoms with Gasteiger partial charge in [-0.2, -0.15) is 0 Å². The maximum absolute atomic E-state index is 12.9. The van der Waals surface area contributed by atoms with Gasteiger partial charge in [-0.15, -0.1) is 0 Å². The first-order valence-corrected chi connectivity index (χ1v) is 12.2. The number of rotatable bonds is 6. The zero-order chi connectivity index (χ0) is 16.2. The van der Waals surface area contributed by atoms with Crippen molar-refractivity contribution in [2.24, 2.45) is 5.92 Å². The van der Waals surface area contributed by atoms with Gasteiger partial charge in [-0.25, -0.2) is 0 Å². The highest BCUT2D eigenvalue weighted by Crippen LogP contribution is 2.79.